The van der Waals surface area contributed by atoms with Gasteiger partial charge in [-0.3, -0.25) is 4.79 Å². The molecule has 0 aromatic rings. The molecule has 4 N–H and O–H groups in total. The van der Waals surface area contributed by atoms with E-state index in [1.54, 1.807) is 0 Å². The number of amidine groups is 1. The first-order valence-corrected chi connectivity index (χ1v) is 6.82. The smallest absolute Gasteiger partial charge is 0.233 e. The van der Waals surface area contributed by atoms with Crippen LogP contribution in [0.3, 0.4) is 0 Å². The summed E-state index contributed by atoms with van der Waals surface area (Å²) >= 11 is 0. The summed E-state index contributed by atoms with van der Waals surface area (Å²) in [6.45, 7) is 0.0398. The van der Waals surface area contributed by atoms with Crippen molar-refractivity contribution in [3.8, 4) is 0 Å². The zero-order valence-corrected chi connectivity index (χ0v) is 9.75. The highest BCUT2D eigenvalue weighted by atomic mass is 32.2. The standard InChI is InChI=1S/C8H15N3O4S/c1-16(14,15)5-4-10-7(12)8(2-3-8)6(9)11-13/h13H,2-5H2,1H3,(H2,9,11)(H,10,12). The molecule has 0 saturated heterocycles. The van der Waals surface area contributed by atoms with E-state index in [4.69, 9.17) is 10.9 Å². The second kappa shape index (κ2) is 4.28. The van der Waals surface area contributed by atoms with Crippen LogP contribution < -0.4 is 11.1 Å². The van der Waals surface area contributed by atoms with Gasteiger partial charge in [-0.15, -0.1) is 0 Å². The zero-order chi connectivity index (χ0) is 12.4. The van der Waals surface area contributed by atoms with E-state index < -0.39 is 15.3 Å². The molecule has 1 aliphatic rings. The molecule has 1 amide bonds. The summed E-state index contributed by atoms with van der Waals surface area (Å²) < 4.78 is 21.7. The largest absolute Gasteiger partial charge is 0.409 e. The molecule has 0 atom stereocenters. The molecule has 7 nitrogen and oxygen atoms in total. The van der Waals surface area contributed by atoms with Gasteiger partial charge in [0.2, 0.25) is 5.91 Å². The molecule has 0 bridgehead atoms. The third-order valence-corrected chi connectivity index (χ3v) is 3.49. The summed E-state index contributed by atoms with van der Waals surface area (Å²) in [5, 5.41) is 13.8. The fraction of sp³-hybridized carbons (Fsp3) is 0.750. The summed E-state index contributed by atoms with van der Waals surface area (Å²) in [4.78, 5) is 11.6. The number of oxime groups is 1. The molecule has 1 aliphatic carbocycles. The van der Waals surface area contributed by atoms with E-state index in [1.807, 2.05) is 0 Å². The van der Waals surface area contributed by atoms with Crippen molar-refractivity contribution in [2.75, 3.05) is 18.6 Å². The Hall–Kier alpha value is -1.31. The van der Waals surface area contributed by atoms with Crippen LogP contribution in [0.1, 0.15) is 12.8 Å². The molecule has 0 spiro atoms. The van der Waals surface area contributed by atoms with Gasteiger partial charge in [0.25, 0.3) is 0 Å². The summed E-state index contributed by atoms with van der Waals surface area (Å²) in [6.07, 6.45) is 2.14. The average molecular weight is 249 g/mol. The monoisotopic (exact) mass is 249 g/mol. The minimum atomic E-state index is -3.10. The number of hydrogen-bond acceptors (Lipinski definition) is 5. The molecule has 0 aromatic heterocycles. The molecular weight excluding hydrogens is 234 g/mol. The lowest BCUT2D eigenvalue weighted by atomic mass is 10.1. The van der Waals surface area contributed by atoms with Crippen molar-refractivity contribution in [3.05, 3.63) is 0 Å². The first-order valence-electron chi connectivity index (χ1n) is 4.76. The van der Waals surface area contributed by atoms with E-state index in [9.17, 15) is 13.2 Å². The first-order chi connectivity index (χ1) is 7.32. The van der Waals surface area contributed by atoms with Gasteiger partial charge in [0, 0.05) is 12.8 Å². The molecule has 0 radical (unpaired) electrons. The SMILES string of the molecule is CS(=O)(=O)CCNC(=O)C1(C(N)=NO)CC1. The molecule has 1 rings (SSSR count). The van der Waals surface area contributed by atoms with Crippen molar-refractivity contribution in [3.63, 3.8) is 0 Å². The van der Waals surface area contributed by atoms with Crippen molar-refractivity contribution >= 4 is 21.6 Å². The van der Waals surface area contributed by atoms with Gasteiger partial charge in [-0.05, 0) is 12.8 Å². The van der Waals surface area contributed by atoms with Gasteiger partial charge in [0.1, 0.15) is 15.3 Å². The minimum Gasteiger partial charge on any atom is -0.409 e. The maximum atomic E-state index is 11.6. The number of sulfone groups is 1. The van der Waals surface area contributed by atoms with Crippen LogP contribution in [-0.2, 0) is 14.6 Å². The van der Waals surface area contributed by atoms with Crippen LogP contribution in [0, 0.1) is 5.41 Å². The highest BCUT2D eigenvalue weighted by molar-refractivity contribution is 7.90. The van der Waals surface area contributed by atoms with Gasteiger partial charge >= 0.3 is 0 Å². The van der Waals surface area contributed by atoms with Crippen molar-refractivity contribution < 1.29 is 18.4 Å². The van der Waals surface area contributed by atoms with Crippen LogP contribution in [-0.4, -0.2) is 43.9 Å². The van der Waals surface area contributed by atoms with Crippen LogP contribution in [0.4, 0.5) is 0 Å². The molecular formula is C8H15N3O4S. The Kier molecular flexibility index (Phi) is 3.41. The van der Waals surface area contributed by atoms with E-state index >= 15 is 0 Å². The highest BCUT2D eigenvalue weighted by Gasteiger charge is 2.54. The third kappa shape index (κ3) is 2.84. The van der Waals surface area contributed by atoms with Gasteiger partial charge < -0.3 is 16.3 Å². The number of carbonyl (C=O) groups is 1. The molecule has 0 aromatic carbocycles. The molecule has 0 unspecified atom stereocenters. The second-order valence-electron chi connectivity index (χ2n) is 3.95. The topological polar surface area (TPSA) is 122 Å². The molecule has 1 fully saturated rings. The number of amides is 1. The van der Waals surface area contributed by atoms with E-state index in [-0.39, 0.29) is 24.0 Å². The minimum absolute atomic E-state index is 0.0398. The molecule has 0 heterocycles. The Bertz CT molecular complexity index is 411. The van der Waals surface area contributed by atoms with Crippen molar-refractivity contribution in [1.29, 1.82) is 0 Å². The maximum absolute atomic E-state index is 11.6. The average Bonchev–Trinajstić information content (AvgIpc) is 2.95. The van der Waals surface area contributed by atoms with Crippen LogP contribution in [0.15, 0.2) is 5.16 Å². The van der Waals surface area contributed by atoms with E-state index in [2.05, 4.69) is 10.5 Å². The van der Waals surface area contributed by atoms with Gasteiger partial charge in [-0.1, -0.05) is 5.16 Å². The number of rotatable bonds is 5. The Morgan fingerprint density at radius 3 is 2.50 bits per heavy atom. The summed E-state index contributed by atoms with van der Waals surface area (Å²) in [5.74, 6) is -0.624. The molecule has 8 heteroatoms. The van der Waals surface area contributed by atoms with Crippen LogP contribution in [0.2, 0.25) is 0 Å². The number of nitrogens with one attached hydrogen (secondary N) is 1. The van der Waals surface area contributed by atoms with Gasteiger partial charge in [-0.2, -0.15) is 0 Å². The highest BCUT2D eigenvalue weighted by Crippen LogP contribution is 2.45. The fourth-order valence-electron chi connectivity index (χ4n) is 1.34. The van der Waals surface area contributed by atoms with Crippen molar-refractivity contribution in [2.24, 2.45) is 16.3 Å². The maximum Gasteiger partial charge on any atom is 0.233 e. The van der Waals surface area contributed by atoms with Gasteiger partial charge in [-0.25, -0.2) is 8.42 Å². The van der Waals surface area contributed by atoms with Gasteiger partial charge in [0.15, 0.2) is 5.84 Å². The number of nitrogens with two attached hydrogens (primary N) is 1. The summed E-state index contributed by atoms with van der Waals surface area (Å²) in [7, 11) is -3.10. The summed E-state index contributed by atoms with van der Waals surface area (Å²) in [5.41, 5.74) is 4.47. The van der Waals surface area contributed by atoms with Crippen LogP contribution in [0.5, 0.6) is 0 Å². The van der Waals surface area contributed by atoms with E-state index in [1.165, 1.54) is 0 Å². The zero-order valence-electron chi connectivity index (χ0n) is 8.93. The van der Waals surface area contributed by atoms with E-state index in [0.29, 0.717) is 12.8 Å². The predicted octanol–water partition coefficient (Wildman–Crippen LogP) is -1.33. The normalized spacial score (nSPS) is 19.2. The first kappa shape index (κ1) is 12.8. The Balaban J connectivity index is 2.48. The Morgan fingerprint density at radius 2 is 2.12 bits per heavy atom. The molecule has 1 saturated carbocycles. The number of nitrogens with zero attached hydrogens (tertiary/aromatic N) is 1. The fourth-order valence-corrected chi connectivity index (χ4v) is 1.81. The van der Waals surface area contributed by atoms with Crippen LogP contribution in [0.25, 0.3) is 0 Å². The van der Waals surface area contributed by atoms with Crippen molar-refractivity contribution in [1.82, 2.24) is 5.32 Å². The molecule has 92 valence electrons. The second-order valence-corrected chi connectivity index (χ2v) is 6.21. The lowest BCUT2D eigenvalue weighted by molar-refractivity contribution is -0.124. The lowest BCUT2D eigenvalue weighted by Gasteiger charge is -2.12. The Morgan fingerprint density at radius 1 is 1.56 bits per heavy atom. The number of carbonyl (C=O) groups excluding carboxylic acids is 1. The third-order valence-electron chi connectivity index (χ3n) is 2.54. The van der Waals surface area contributed by atoms with Gasteiger partial charge in [0.05, 0.1) is 5.75 Å². The van der Waals surface area contributed by atoms with Crippen molar-refractivity contribution in [2.45, 2.75) is 12.8 Å². The van der Waals surface area contributed by atoms with Crippen LogP contribution >= 0.6 is 0 Å². The molecule has 0 aliphatic heterocycles. The predicted molar refractivity (Wildman–Crippen MR) is 57.8 cm³/mol. The Labute approximate surface area is 93.6 Å². The molecule has 16 heavy (non-hydrogen) atoms. The van der Waals surface area contributed by atoms with E-state index in [0.717, 1.165) is 6.26 Å². The number of hydrogen-bond donors (Lipinski definition) is 3. The summed E-state index contributed by atoms with van der Waals surface area (Å²) in [6, 6.07) is 0. The lowest BCUT2D eigenvalue weighted by Crippen LogP contribution is -2.42. The quantitative estimate of drug-likeness (QED) is 0.241.